The van der Waals surface area contributed by atoms with Gasteiger partial charge < -0.3 is 4.90 Å². The van der Waals surface area contributed by atoms with Crippen molar-refractivity contribution in [3.63, 3.8) is 0 Å². The van der Waals surface area contributed by atoms with E-state index in [1.807, 2.05) is 12.1 Å². The van der Waals surface area contributed by atoms with E-state index in [1.165, 1.54) is 11.1 Å². The zero-order chi connectivity index (χ0) is 18.7. The lowest BCUT2D eigenvalue weighted by atomic mass is 10.00. The lowest BCUT2D eigenvalue weighted by molar-refractivity contribution is 0.746. The molecule has 0 aliphatic carbocycles. The fourth-order valence-electron chi connectivity index (χ4n) is 3.43. The Hall–Kier alpha value is -1.77. The summed E-state index contributed by atoms with van der Waals surface area (Å²) >= 11 is 12.6. The number of aromatic nitrogens is 1. The van der Waals surface area contributed by atoms with E-state index >= 15 is 0 Å². The SMILES string of the molecule is CCCN(CCC)c1cc(C)nc2c(-c3ccc(Cl)cc3Cl)cccc12. The number of benzene rings is 2. The predicted molar refractivity (Wildman–Crippen MR) is 115 cm³/mol. The maximum absolute atomic E-state index is 6.48. The first-order valence-corrected chi connectivity index (χ1v) is 9.91. The van der Waals surface area contributed by atoms with Gasteiger partial charge in [0.05, 0.1) is 5.52 Å². The first kappa shape index (κ1) is 19.0. The molecule has 0 radical (unpaired) electrons. The van der Waals surface area contributed by atoms with Gasteiger partial charge in [-0.25, -0.2) is 0 Å². The third-order valence-corrected chi connectivity index (χ3v) is 5.04. The molecule has 0 amide bonds. The van der Waals surface area contributed by atoms with Gasteiger partial charge in [0.1, 0.15) is 0 Å². The second-order valence-electron chi connectivity index (χ2n) is 6.60. The Kier molecular flexibility index (Phi) is 6.05. The Morgan fingerprint density at radius 1 is 0.923 bits per heavy atom. The summed E-state index contributed by atoms with van der Waals surface area (Å²) in [5.41, 5.74) is 5.26. The molecule has 3 rings (SSSR count). The fourth-order valence-corrected chi connectivity index (χ4v) is 3.94. The predicted octanol–water partition coefficient (Wildman–Crippen LogP) is 7.14. The van der Waals surface area contributed by atoms with Crippen LogP contribution < -0.4 is 4.90 Å². The van der Waals surface area contributed by atoms with E-state index in [0.29, 0.717) is 10.0 Å². The molecule has 2 aromatic carbocycles. The number of halogens is 2. The lowest BCUT2D eigenvalue weighted by Crippen LogP contribution is -2.25. The summed E-state index contributed by atoms with van der Waals surface area (Å²) in [6, 6.07) is 14.1. The monoisotopic (exact) mass is 386 g/mol. The van der Waals surface area contributed by atoms with Crippen LogP contribution in [0.4, 0.5) is 5.69 Å². The molecule has 0 unspecified atom stereocenters. The van der Waals surface area contributed by atoms with Crippen LogP contribution in [0, 0.1) is 6.92 Å². The Morgan fingerprint density at radius 3 is 2.31 bits per heavy atom. The number of anilines is 1. The number of nitrogens with zero attached hydrogens (tertiary/aromatic N) is 2. The van der Waals surface area contributed by atoms with Crippen molar-refractivity contribution in [2.24, 2.45) is 0 Å². The van der Waals surface area contributed by atoms with Crippen LogP contribution in [0.5, 0.6) is 0 Å². The van der Waals surface area contributed by atoms with E-state index in [2.05, 4.69) is 49.9 Å². The first-order chi connectivity index (χ1) is 12.5. The molecular weight excluding hydrogens is 363 g/mol. The van der Waals surface area contributed by atoms with E-state index in [1.54, 1.807) is 6.07 Å². The van der Waals surface area contributed by atoms with Gasteiger partial charge in [0.25, 0.3) is 0 Å². The molecule has 3 aromatic rings. The van der Waals surface area contributed by atoms with Gasteiger partial charge in [-0.1, -0.05) is 61.3 Å². The molecular formula is C22H24Cl2N2. The van der Waals surface area contributed by atoms with E-state index in [9.17, 15) is 0 Å². The number of hydrogen-bond acceptors (Lipinski definition) is 2. The number of pyridine rings is 1. The Labute approximate surface area is 165 Å². The van der Waals surface area contributed by atoms with Crippen molar-refractivity contribution < 1.29 is 0 Å². The normalized spacial score (nSPS) is 11.1. The van der Waals surface area contributed by atoms with Crippen molar-refractivity contribution in [1.29, 1.82) is 0 Å². The van der Waals surface area contributed by atoms with Gasteiger partial charge in [-0.05, 0) is 38.0 Å². The zero-order valence-corrected chi connectivity index (χ0v) is 17.0. The van der Waals surface area contributed by atoms with Gasteiger partial charge in [-0.2, -0.15) is 0 Å². The maximum Gasteiger partial charge on any atom is 0.0804 e. The Balaban J connectivity index is 2.25. The van der Waals surface area contributed by atoms with Crippen molar-refractivity contribution in [3.05, 3.63) is 58.2 Å². The Morgan fingerprint density at radius 2 is 1.65 bits per heavy atom. The molecule has 136 valence electrons. The largest absolute Gasteiger partial charge is 0.371 e. The van der Waals surface area contributed by atoms with Crippen LogP contribution in [0.15, 0.2) is 42.5 Å². The Bertz CT molecular complexity index is 915. The third kappa shape index (κ3) is 3.82. The summed E-state index contributed by atoms with van der Waals surface area (Å²) in [7, 11) is 0. The summed E-state index contributed by atoms with van der Waals surface area (Å²) in [6.45, 7) is 8.57. The maximum atomic E-state index is 6.48. The van der Waals surface area contributed by atoms with Crippen molar-refractivity contribution in [3.8, 4) is 11.1 Å². The first-order valence-electron chi connectivity index (χ1n) is 9.15. The molecule has 26 heavy (non-hydrogen) atoms. The highest BCUT2D eigenvalue weighted by Gasteiger charge is 2.15. The minimum Gasteiger partial charge on any atom is -0.371 e. The fraction of sp³-hybridized carbons (Fsp3) is 0.318. The van der Waals surface area contributed by atoms with E-state index in [0.717, 1.165) is 48.3 Å². The number of hydrogen-bond donors (Lipinski definition) is 0. The van der Waals surface area contributed by atoms with Crippen LogP contribution >= 0.6 is 23.2 Å². The smallest absolute Gasteiger partial charge is 0.0804 e. The summed E-state index contributed by atoms with van der Waals surface area (Å²) < 4.78 is 0. The summed E-state index contributed by atoms with van der Waals surface area (Å²) in [5, 5.41) is 2.45. The molecule has 4 heteroatoms. The second-order valence-corrected chi connectivity index (χ2v) is 7.44. The van der Waals surface area contributed by atoms with Gasteiger partial charge in [0.15, 0.2) is 0 Å². The average molecular weight is 387 g/mol. The van der Waals surface area contributed by atoms with Crippen molar-refractivity contribution >= 4 is 39.8 Å². The minimum absolute atomic E-state index is 0.640. The molecule has 0 saturated carbocycles. The summed E-state index contributed by atoms with van der Waals surface area (Å²) in [6.07, 6.45) is 2.23. The summed E-state index contributed by atoms with van der Waals surface area (Å²) in [4.78, 5) is 7.32. The third-order valence-electron chi connectivity index (χ3n) is 4.49. The van der Waals surface area contributed by atoms with Crippen molar-refractivity contribution in [2.75, 3.05) is 18.0 Å². The van der Waals surface area contributed by atoms with Gasteiger partial charge in [0.2, 0.25) is 0 Å². The molecule has 0 atom stereocenters. The van der Waals surface area contributed by atoms with Crippen LogP contribution in [0.25, 0.3) is 22.0 Å². The molecule has 0 bridgehead atoms. The second kappa shape index (κ2) is 8.28. The number of aryl methyl sites for hydroxylation is 1. The molecule has 0 fully saturated rings. The minimum atomic E-state index is 0.640. The molecule has 2 nitrogen and oxygen atoms in total. The van der Waals surface area contributed by atoms with Gasteiger partial charge >= 0.3 is 0 Å². The standard InChI is InChI=1S/C22H24Cl2N2/c1-4-11-26(12-5-2)21-13-15(3)25-22-18(7-6-8-19(21)22)17-10-9-16(23)14-20(17)24/h6-10,13-14H,4-5,11-12H2,1-3H3. The zero-order valence-electron chi connectivity index (χ0n) is 15.5. The van der Waals surface area contributed by atoms with E-state index < -0.39 is 0 Å². The van der Waals surface area contributed by atoms with Crippen molar-refractivity contribution in [1.82, 2.24) is 4.98 Å². The average Bonchev–Trinajstić information content (AvgIpc) is 2.61. The molecule has 0 spiro atoms. The highest BCUT2D eigenvalue weighted by molar-refractivity contribution is 6.36. The molecule has 0 aliphatic heterocycles. The van der Waals surface area contributed by atoms with E-state index in [-0.39, 0.29) is 0 Å². The molecule has 1 heterocycles. The van der Waals surface area contributed by atoms with Gasteiger partial charge in [-0.15, -0.1) is 0 Å². The molecule has 0 aliphatic rings. The molecule has 1 aromatic heterocycles. The molecule has 0 N–H and O–H groups in total. The number of para-hydroxylation sites is 1. The number of rotatable bonds is 6. The van der Waals surface area contributed by atoms with Gasteiger partial charge in [-0.3, -0.25) is 4.98 Å². The molecule has 0 saturated heterocycles. The number of fused-ring (bicyclic) bond motifs is 1. The summed E-state index contributed by atoms with van der Waals surface area (Å²) in [5.74, 6) is 0. The highest BCUT2D eigenvalue weighted by atomic mass is 35.5. The topological polar surface area (TPSA) is 16.1 Å². The van der Waals surface area contributed by atoms with Crippen LogP contribution in [0.1, 0.15) is 32.4 Å². The lowest BCUT2D eigenvalue weighted by Gasteiger charge is -2.26. The van der Waals surface area contributed by atoms with Crippen LogP contribution in [-0.2, 0) is 0 Å². The highest BCUT2D eigenvalue weighted by Crippen LogP contribution is 2.37. The van der Waals surface area contributed by atoms with Crippen molar-refractivity contribution in [2.45, 2.75) is 33.6 Å². The van der Waals surface area contributed by atoms with Crippen LogP contribution in [0.2, 0.25) is 10.0 Å². The quantitative estimate of drug-likeness (QED) is 0.447. The van der Waals surface area contributed by atoms with Crippen LogP contribution in [-0.4, -0.2) is 18.1 Å². The van der Waals surface area contributed by atoms with Crippen LogP contribution in [0.3, 0.4) is 0 Å². The van der Waals surface area contributed by atoms with Gasteiger partial charge in [0, 0.05) is 51.0 Å². The van der Waals surface area contributed by atoms with E-state index in [4.69, 9.17) is 28.2 Å².